The van der Waals surface area contributed by atoms with E-state index in [1.54, 1.807) is 6.07 Å². The Morgan fingerprint density at radius 3 is 2.38 bits per heavy atom. The number of benzene rings is 2. The van der Waals surface area contributed by atoms with Gasteiger partial charge >= 0.3 is 0 Å². The summed E-state index contributed by atoms with van der Waals surface area (Å²) in [5, 5.41) is 0.691. The predicted octanol–water partition coefficient (Wildman–Crippen LogP) is 4.83. The Kier molecular flexibility index (Phi) is 3.62. The van der Waals surface area contributed by atoms with Crippen LogP contribution in [0.3, 0.4) is 0 Å². The first-order valence-electron chi connectivity index (χ1n) is 4.84. The lowest BCUT2D eigenvalue weighted by Gasteiger charge is -2.06. The zero-order valence-electron chi connectivity index (χ0n) is 8.38. The van der Waals surface area contributed by atoms with Crippen LogP contribution >= 0.6 is 27.5 Å². The molecule has 0 heterocycles. The number of hydrogen-bond donors (Lipinski definition) is 0. The van der Waals surface area contributed by atoms with E-state index in [4.69, 9.17) is 11.6 Å². The third-order valence-electron chi connectivity index (χ3n) is 2.36. The predicted molar refractivity (Wildman–Crippen MR) is 68.4 cm³/mol. The van der Waals surface area contributed by atoms with Gasteiger partial charge in [-0.3, -0.25) is 0 Å². The summed E-state index contributed by atoms with van der Waals surface area (Å²) in [5.41, 5.74) is 1.71. The lowest BCUT2D eigenvalue weighted by Crippen LogP contribution is -1.93. The highest BCUT2D eigenvalue weighted by molar-refractivity contribution is 9.10. The molecular weight excluding hydrogens is 290 g/mol. The van der Waals surface area contributed by atoms with Crippen LogP contribution in [0.1, 0.15) is 11.1 Å². The SMILES string of the molecule is Fc1cccc(Br)c1Cc1ccc(Cl)cc1. The van der Waals surface area contributed by atoms with E-state index >= 15 is 0 Å². The molecule has 2 aromatic rings. The van der Waals surface area contributed by atoms with Crippen LogP contribution in [0.25, 0.3) is 0 Å². The quantitative estimate of drug-likeness (QED) is 0.745. The molecule has 3 heteroatoms. The molecule has 0 N–H and O–H groups in total. The van der Waals surface area contributed by atoms with E-state index in [9.17, 15) is 4.39 Å². The molecule has 0 spiro atoms. The van der Waals surface area contributed by atoms with Crippen molar-refractivity contribution in [1.29, 1.82) is 0 Å². The van der Waals surface area contributed by atoms with Gasteiger partial charge in [0.2, 0.25) is 0 Å². The molecule has 0 radical (unpaired) electrons. The molecule has 0 amide bonds. The Hall–Kier alpha value is -0.860. The molecule has 0 aliphatic heterocycles. The van der Waals surface area contributed by atoms with Crippen LogP contribution in [0.4, 0.5) is 4.39 Å². The van der Waals surface area contributed by atoms with Crippen LogP contribution in [-0.4, -0.2) is 0 Å². The maximum atomic E-state index is 13.6. The first-order chi connectivity index (χ1) is 7.66. The maximum absolute atomic E-state index is 13.6. The van der Waals surface area contributed by atoms with Crippen molar-refractivity contribution >= 4 is 27.5 Å². The third kappa shape index (κ3) is 2.63. The molecule has 0 nitrogen and oxygen atoms in total. The van der Waals surface area contributed by atoms with Gasteiger partial charge in [0.05, 0.1) is 0 Å². The molecule has 0 atom stereocenters. The smallest absolute Gasteiger partial charge is 0.127 e. The van der Waals surface area contributed by atoms with Gasteiger partial charge < -0.3 is 0 Å². The third-order valence-corrected chi connectivity index (χ3v) is 3.35. The molecule has 0 unspecified atom stereocenters. The Bertz CT molecular complexity index is 474. The number of halogens is 3. The van der Waals surface area contributed by atoms with Crippen molar-refractivity contribution in [2.45, 2.75) is 6.42 Å². The minimum atomic E-state index is -0.190. The van der Waals surface area contributed by atoms with E-state index in [-0.39, 0.29) is 5.82 Å². The van der Waals surface area contributed by atoms with E-state index in [1.165, 1.54) is 6.07 Å². The highest BCUT2D eigenvalue weighted by Crippen LogP contribution is 2.23. The molecule has 0 saturated heterocycles. The summed E-state index contributed by atoms with van der Waals surface area (Å²) >= 11 is 9.15. The largest absolute Gasteiger partial charge is 0.207 e. The van der Waals surface area contributed by atoms with Crippen LogP contribution < -0.4 is 0 Å². The highest BCUT2D eigenvalue weighted by atomic mass is 79.9. The van der Waals surface area contributed by atoms with Crippen LogP contribution in [0.5, 0.6) is 0 Å². The van der Waals surface area contributed by atoms with Gasteiger partial charge in [0.25, 0.3) is 0 Å². The average Bonchev–Trinajstić information content (AvgIpc) is 2.26. The minimum absolute atomic E-state index is 0.190. The van der Waals surface area contributed by atoms with Gasteiger partial charge in [-0.25, -0.2) is 4.39 Å². The molecule has 0 aromatic heterocycles. The van der Waals surface area contributed by atoms with Crippen molar-refractivity contribution < 1.29 is 4.39 Å². The second-order valence-electron chi connectivity index (χ2n) is 3.50. The number of rotatable bonds is 2. The summed E-state index contributed by atoms with van der Waals surface area (Å²) in [7, 11) is 0. The van der Waals surface area contributed by atoms with E-state index in [0.717, 1.165) is 10.0 Å². The molecule has 0 saturated carbocycles. The van der Waals surface area contributed by atoms with Crippen molar-refractivity contribution in [3.8, 4) is 0 Å². The molecule has 0 aliphatic carbocycles. The first kappa shape index (κ1) is 11.6. The Balaban J connectivity index is 2.30. The van der Waals surface area contributed by atoms with Gasteiger partial charge in [0, 0.05) is 21.5 Å². The Morgan fingerprint density at radius 2 is 1.75 bits per heavy atom. The Labute approximate surface area is 107 Å². The topological polar surface area (TPSA) is 0 Å². The second kappa shape index (κ2) is 4.98. The zero-order valence-corrected chi connectivity index (χ0v) is 10.7. The van der Waals surface area contributed by atoms with Crippen LogP contribution in [-0.2, 0) is 6.42 Å². The van der Waals surface area contributed by atoms with E-state index < -0.39 is 0 Å². The molecule has 2 rings (SSSR count). The van der Waals surface area contributed by atoms with Gasteiger partial charge in [-0.2, -0.15) is 0 Å². The summed E-state index contributed by atoms with van der Waals surface area (Å²) in [4.78, 5) is 0. The van der Waals surface area contributed by atoms with Gasteiger partial charge in [-0.1, -0.05) is 45.7 Å². The van der Waals surface area contributed by atoms with Crippen LogP contribution in [0.2, 0.25) is 5.02 Å². The van der Waals surface area contributed by atoms with Crippen molar-refractivity contribution in [1.82, 2.24) is 0 Å². The molecule has 2 aromatic carbocycles. The van der Waals surface area contributed by atoms with Gasteiger partial charge in [0.15, 0.2) is 0 Å². The Morgan fingerprint density at radius 1 is 1.06 bits per heavy atom. The molecule has 0 fully saturated rings. The van der Waals surface area contributed by atoms with Crippen molar-refractivity contribution in [3.05, 3.63) is 68.9 Å². The van der Waals surface area contributed by atoms with Crippen molar-refractivity contribution in [3.63, 3.8) is 0 Å². The molecule has 0 bridgehead atoms. The van der Waals surface area contributed by atoms with Gasteiger partial charge in [0.1, 0.15) is 5.82 Å². The fourth-order valence-electron chi connectivity index (χ4n) is 1.51. The highest BCUT2D eigenvalue weighted by Gasteiger charge is 2.06. The normalized spacial score (nSPS) is 10.4. The summed E-state index contributed by atoms with van der Waals surface area (Å²) in [6.07, 6.45) is 0.560. The number of hydrogen-bond acceptors (Lipinski definition) is 0. The summed E-state index contributed by atoms with van der Waals surface area (Å²) in [6.45, 7) is 0. The van der Waals surface area contributed by atoms with Crippen molar-refractivity contribution in [2.24, 2.45) is 0 Å². The average molecular weight is 300 g/mol. The molecule has 16 heavy (non-hydrogen) atoms. The first-order valence-corrected chi connectivity index (χ1v) is 6.01. The molecule has 0 aliphatic rings. The lowest BCUT2D eigenvalue weighted by atomic mass is 10.0. The minimum Gasteiger partial charge on any atom is -0.207 e. The fourth-order valence-corrected chi connectivity index (χ4v) is 2.12. The zero-order chi connectivity index (χ0) is 11.5. The van der Waals surface area contributed by atoms with E-state index in [2.05, 4.69) is 15.9 Å². The second-order valence-corrected chi connectivity index (χ2v) is 4.79. The fraction of sp³-hybridized carbons (Fsp3) is 0.0769. The summed E-state index contributed by atoms with van der Waals surface area (Å²) in [5.74, 6) is -0.190. The lowest BCUT2D eigenvalue weighted by molar-refractivity contribution is 0.612. The maximum Gasteiger partial charge on any atom is 0.127 e. The van der Waals surface area contributed by atoms with Crippen molar-refractivity contribution in [2.75, 3.05) is 0 Å². The van der Waals surface area contributed by atoms with E-state index in [0.29, 0.717) is 17.0 Å². The van der Waals surface area contributed by atoms with E-state index in [1.807, 2.05) is 30.3 Å². The van der Waals surface area contributed by atoms with Gasteiger partial charge in [-0.15, -0.1) is 0 Å². The summed E-state index contributed by atoms with van der Waals surface area (Å²) in [6, 6.07) is 12.4. The van der Waals surface area contributed by atoms with Crippen LogP contribution in [0.15, 0.2) is 46.9 Å². The van der Waals surface area contributed by atoms with Gasteiger partial charge in [-0.05, 0) is 29.8 Å². The molecular formula is C13H9BrClF. The standard InChI is InChI=1S/C13H9BrClF/c14-12-2-1-3-13(16)11(12)8-9-4-6-10(15)7-5-9/h1-7H,8H2. The molecule has 82 valence electrons. The summed E-state index contributed by atoms with van der Waals surface area (Å²) < 4.78 is 14.4. The van der Waals surface area contributed by atoms with Crippen LogP contribution in [0, 0.1) is 5.82 Å². The monoisotopic (exact) mass is 298 g/mol.